The van der Waals surface area contributed by atoms with Gasteiger partial charge in [-0.15, -0.1) is 0 Å². The summed E-state index contributed by atoms with van der Waals surface area (Å²) in [4.78, 5) is 11.9. The van der Waals surface area contributed by atoms with E-state index in [9.17, 15) is 31.5 Å². The topological polar surface area (TPSA) is 108 Å². The van der Waals surface area contributed by atoms with E-state index in [-0.39, 0.29) is 37.8 Å². The monoisotopic (exact) mass is 516 g/mol. The van der Waals surface area contributed by atoms with Gasteiger partial charge in [-0.3, -0.25) is 4.79 Å². The number of ether oxygens (including phenoxy) is 3. The Balaban J connectivity index is 1.88. The molecule has 2 aliphatic heterocycles. The number of hydrogen-bond donors (Lipinski definition) is 1. The molecule has 2 saturated heterocycles. The van der Waals surface area contributed by atoms with Crippen LogP contribution >= 0.6 is 0 Å². The molecule has 0 aliphatic carbocycles. The highest BCUT2D eigenvalue weighted by molar-refractivity contribution is 7.87. The highest BCUT2D eigenvalue weighted by atomic mass is 32.2. The van der Waals surface area contributed by atoms with Crippen molar-refractivity contribution in [3.8, 4) is 0 Å². The second-order valence-electron chi connectivity index (χ2n) is 10.1. The van der Waals surface area contributed by atoms with Gasteiger partial charge in [-0.25, -0.2) is 0 Å². The van der Waals surface area contributed by atoms with Gasteiger partial charge in [0.05, 0.1) is 36.9 Å². The molecule has 0 saturated carbocycles. The van der Waals surface area contributed by atoms with Crippen molar-refractivity contribution in [2.45, 2.75) is 95.6 Å². The summed E-state index contributed by atoms with van der Waals surface area (Å²) in [5.74, 6) is -1.54. The molecule has 0 radical (unpaired) electrons. The molecule has 2 rings (SSSR count). The molecule has 0 aromatic carbocycles. The molecule has 1 N–H and O–H groups in total. The maximum absolute atomic E-state index is 12.6. The quantitative estimate of drug-likeness (QED) is 0.153. The highest BCUT2D eigenvalue weighted by Crippen LogP contribution is 2.44. The number of alkyl halides is 3. The van der Waals surface area contributed by atoms with Crippen LogP contribution in [-0.2, 0) is 33.3 Å². The van der Waals surface area contributed by atoms with E-state index in [2.05, 4.69) is 10.8 Å². The van der Waals surface area contributed by atoms with Gasteiger partial charge in [0.15, 0.2) is 0 Å². The van der Waals surface area contributed by atoms with Crippen LogP contribution in [0.4, 0.5) is 13.2 Å². The molecule has 0 spiro atoms. The van der Waals surface area contributed by atoms with Crippen molar-refractivity contribution in [2.24, 2.45) is 11.3 Å². The summed E-state index contributed by atoms with van der Waals surface area (Å²) >= 11 is 0. The number of fused-ring (bicyclic) bond motifs is 1. The molecule has 0 aromatic heterocycles. The highest BCUT2D eigenvalue weighted by Gasteiger charge is 2.53. The van der Waals surface area contributed by atoms with Gasteiger partial charge < -0.3 is 23.5 Å². The molecule has 0 aromatic rings. The first-order chi connectivity index (χ1) is 15.5. The Morgan fingerprint density at radius 2 is 1.88 bits per heavy atom. The smallest absolute Gasteiger partial charge is 0.465 e. The van der Waals surface area contributed by atoms with Crippen molar-refractivity contribution in [3.05, 3.63) is 12.3 Å². The molecule has 0 amide bonds. The van der Waals surface area contributed by atoms with E-state index in [1.807, 2.05) is 0 Å². The van der Waals surface area contributed by atoms with Crippen LogP contribution in [0.1, 0.15) is 66.2 Å². The number of esters is 1. The lowest BCUT2D eigenvalue weighted by Crippen LogP contribution is -2.51. The first kappa shape index (κ1) is 28.9. The first-order valence-corrected chi connectivity index (χ1v) is 12.7. The van der Waals surface area contributed by atoms with Crippen molar-refractivity contribution in [1.82, 2.24) is 0 Å². The first-order valence-electron chi connectivity index (χ1n) is 11.3. The summed E-state index contributed by atoms with van der Waals surface area (Å²) in [5.41, 5.74) is -7.06. The Hall–Kier alpha value is -1.37. The minimum atomic E-state index is -5.78. The van der Waals surface area contributed by atoms with E-state index < -0.39 is 44.4 Å². The normalized spacial score (nSPS) is 28.8. The molecule has 0 bridgehead atoms. The largest absolute Gasteiger partial charge is 0.534 e. The number of carbonyl (C=O) groups excluding carboxylic acids is 1. The third-order valence-electron chi connectivity index (χ3n) is 6.12. The van der Waals surface area contributed by atoms with Gasteiger partial charge in [0.2, 0.25) is 0 Å². The Labute approximate surface area is 198 Å². The number of rotatable bonds is 10. The third kappa shape index (κ3) is 7.08. The standard InChI is InChI=1S/C22H35F3O8S/c1-14(15(2)33-34(28,29)22(23,24)25)11-16-8-9-18-21(13-26,32-16)12-17(31-18)7-6-10-30-19(27)20(3,4)5/h14,16-18,26H,2,6-13H2,1,3-5H3/t14-,16?,17+,18+,21-/m1/s1. The van der Waals surface area contributed by atoms with Crippen molar-refractivity contribution < 1.29 is 49.9 Å². The van der Waals surface area contributed by atoms with Crippen LogP contribution < -0.4 is 0 Å². The molecule has 2 heterocycles. The van der Waals surface area contributed by atoms with Gasteiger partial charge in [-0.2, -0.15) is 21.6 Å². The van der Waals surface area contributed by atoms with E-state index in [0.717, 1.165) is 0 Å². The van der Waals surface area contributed by atoms with Crippen LogP contribution in [-0.4, -0.2) is 62.1 Å². The van der Waals surface area contributed by atoms with Crippen molar-refractivity contribution >= 4 is 16.1 Å². The molecule has 8 nitrogen and oxygen atoms in total. The van der Waals surface area contributed by atoms with Crippen LogP contribution in [0.2, 0.25) is 0 Å². The van der Waals surface area contributed by atoms with E-state index in [0.29, 0.717) is 32.1 Å². The third-order valence-corrected chi connectivity index (χ3v) is 7.12. The average molecular weight is 517 g/mol. The number of halogens is 3. The number of aliphatic hydroxyl groups is 1. The lowest BCUT2D eigenvalue weighted by molar-refractivity contribution is -0.185. The van der Waals surface area contributed by atoms with E-state index >= 15 is 0 Å². The second-order valence-corrected chi connectivity index (χ2v) is 11.6. The van der Waals surface area contributed by atoms with Crippen LogP contribution in [0.25, 0.3) is 0 Å². The molecule has 12 heteroatoms. The minimum absolute atomic E-state index is 0.175. The van der Waals surface area contributed by atoms with E-state index in [1.54, 1.807) is 20.8 Å². The zero-order chi connectivity index (χ0) is 25.9. The van der Waals surface area contributed by atoms with Crippen molar-refractivity contribution in [3.63, 3.8) is 0 Å². The molecule has 2 fully saturated rings. The molecule has 1 unspecified atom stereocenters. The summed E-state index contributed by atoms with van der Waals surface area (Å²) in [6.45, 7) is 10.1. The number of carbonyl (C=O) groups is 1. The zero-order valence-electron chi connectivity index (χ0n) is 20.0. The number of aliphatic hydroxyl groups excluding tert-OH is 1. The molecule has 34 heavy (non-hydrogen) atoms. The SMILES string of the molecule is C=C(OS(=O)(=O)C(F)(F)F)[C@H](C)CC1CC[C@@H]2O[C@@H](CCCOC(=O)C(C)(C)C)C[C@]2(CO)O1. The van der Waals surface area contributed by atoms with Gasteiger partial charge in [0, 0.05) is 12.3 Å². The fourth-order valence-corrected chi connectivity index (χ4v) is 4.67. The van der Waals surface area contributed by atoms with Gasteiger partial charge >= 0.3 is 21.6 Å². The van der Waals surface area contributed by atoms with E-state index in [4.69, 9.17) is 14.2 Å². The van der Waals surface area contributed by atoms with E-state index in [1.165, 1.54) is 6.92 Å². The van der Waals surface area contributed by atoms with Crippen molar-refractivity contribution in [2.75, 3.05) is 13.2 Å². The van der Waals surface area contributed by atoms with Gasteiger partial charge in [-0.05, 0) is 52.9 Å². The fourth-order valence-electron chi connectivity index (χ4n) is 4.13. The minimum Gasteiger partial charge on any atom is -0.465 e. The zero-order valence-corrected chi connectivity index (χ0v) is 20.8. The lowest BCUT2D eigenvalue weighted by atomic mass is 9.85. The number of allylic oxidation sites excluding steroid dienone is 1. The average Bonchev–Trinajstić information content (AvgIpc) is 3.07. The van der Waals surface area contributed by atoms with Crippen LogP contribution in [0, 0.1) is 11.3 Å². The predicted octanol–water partition coefficient (Wildman–Crippen LogP) is 3.83. The summed E-state index contributed by atoms with van der Waals surface area (Å²) in [6, 6.07) is 0. The maximum atomic E-state index is 12.6. The number of hydrogen-bond acceptors (Lipinski definition) is 8. The van der Waals surface area contributed by atoms with Gasteiger partial charge in [-0.1, -0.05) is 13.5 Å². The van der Waals surface area contributed by atoms with Crippen molar-refractivity contribution in [1.29, 1.82) is 0 Å². The molecular weight excluding hydrogens is 481 g/mol. The predicted molar refractivity (Wildman–Crippen MR) is 116 cm³/mol. The summed E-state index contributed by atoms with van der Waals surface area (Å²) in [7, 11) is -5.78. The van der Waals surface area contributed by atoms with Crippen LogP contribution in [0.15, 0.2) is 12.3 Å². The van der Waals surface area contributed by atoms with Gasteiger partial charge in [0.1, 0.15) is 11.4 Å². The Kier molecular flexibility index (Phi) is 9.10. The summed E-state index contributed by atoms with van der Waals surface area (Å²) < 4.78 is 81.7. The molecule has 198 valence electrons. The molecule has 2 aliphatic rings. The van der Waals surface area contributed by atoms with Crippen LogP contribution in [0.5, 0.6) is 0 Å². The molecule has 5 atom stereocenters. The Morgan fingerprint density at radius 1 is 1.24 bits per heavy atom. The summed E-state index contributed by atoms with van der Waals surface area (Å²) in [5, 5.41) is 10.1. The Bertz CT molecular complexity index is 836. The fraction of sp³-hybridized carbons (Fsp3) is 0.864. The van der Waals surface area contributed by atoms with Gasteiger partial charge in [0.25, 0.3) is 0 Å². The van der Waals surface area contributed by atoms with Crippen LogP contribution in [0.3, 0.4) is 0 Å². The lowest BCUT2D eigenvalue weighted by Gasteiger charge is -2.41. The molecular formula is C22H35F3O8S. The maximum Gasteiger partial charge on any atom is 0.534 e. The second kappa shape index (κ2) is 10.7. The Morgan fingerprint density at radius 3 is 2.44 bits per heavy atom. The summed E-state index contributed by atoms with van der Waals surface area (Å²) in [6.07, 6.45) is 1.91.